The molecule has 7 nitrogen and oxygen atoms in total. The average molecular weight is 307 g/mol. The zero-order valence-electron chi connectivity index (χ0n) is 13.4. The molecular weight excluding hydrogens is 274 g/mol. The lowest BCUT2D eigenvalue weighted by molar-refractivity contribution is -0.104. The highest BCUT2D eigenvalue weighted by Crippen LogP contribution is 2.20. The normalized spacial score (nSPS) is 12.0. The van der Waals surface area contributed by atoms with Gasteiger partial charge in [-0.2, -0.15) is 0 Å². The van der Waals surface area contributed by atoms with Crippen LogP contribution in [0.25, 0.3) is 0 Å². The van der Waals surface area contributed by atoms with Gasteiger partial charge >= 0.3 is 0 Å². The summed E-state index contributed by atoms with van der Waals surface area (Å²) in [5.74, 6) is 0. The molecule has 0 rings (SSSR count). The molecule has 0 aliphatic rings. The van der Waals surface area contributed by atoms with E-state index in [0.717, 1.165) is 6.42 Å². The molecule has 0 aromatic rings. The molecule has 128 valence electrons. The smallest absolute Gasteiger partial charge is 0.0637 e. The fraction of sp³-hybridized carbons (Fsp3) is 1.00. The van der Waals surface area contributed by atoms with Gasteiger partial charge in [0.15, 0.2) is 0 Å². The van der Waals surface area contributed by atoms with E-state index in [9.17, 15) is 0 Å². The summed E-state index contributed by atoms with van der Waals surface area (Å²) >= 11 is 0. The quantitative estimate of drug-likeness (QED) is 0.324. The predicted octanol–water partition coefficient (Wildman–Crippen LogP) is -0.675. The average Bonchev–Trinajstić information content (AvgIpc) is 2.48. The Morgan fingerprint density at radius 2 is 0.952 bits per heavy atom. The van der Waals surface area contributed by atoms with E-state index in [-0.39, 0.29) is 5.41 Å². The summed E-state index contributed by atoms with van der Waals surface area (Å²) in [4.78, 5) is 0. The summed E-state index contributed by atoms with van der Waals surface area (Å²) in [6.07, 6.45) is 0.965. The van der Waals surface area contributed by atoms with Gasteiger partial charge in [-0.1, -0.05) is 6.92 Å². The monoisotopic (exact) mass is 307 g/mol. The van der Waals surface area contributed by atoms with E-state index in [1.165, 1.54) is 0 Å². The second kappa shape index (κ2) is 14.6. The van der Waals surface area contributed by atoms with Crippen molar-refractivity contribution < 1.29 is 18.9 Å². The Balaban J connectivity index is 4.52. The summed E-state index contributed by atoms with van der Waals surface area (Å²) in [5, 5.41) is 0. The van der Waals surface area contributed by atoms with Crippen molar-refractivity contribution in [2.75, 3.05) is 72.5 Å². The Hall–Kier alpha value is -0.280. The summed E-state index contributed by atoms with van der Waals surface area (Å²) in [7, 11) is 0. The van der Waals surface area contributed by atoms with Crippen LogP contribution in [0, 0.1) is 5.41 Å². The van der Waals surface area contributed by atoms with Crippen molar-refractivity contribution in [1.82, 2.24) is 0 Å². The zero-order chi connectivity index (χ0) is 15.8. The Morgan fingerprint density at radius 3 is 1.24 bits per heavy atom. The van der Waals surface area contributed by atoms with Crippen LogP contribution in [-0.4, -0.2) is 72.5 Å². The second-order valence-electron chi connectivity index (χ2n) is 5.08. The van der Waals surface area contributed by atoms with Crippen LogP contribution in [0.5, 0.6) is 0 Å². The van der Waals surface area contributed by atoms with Crippen molar-refractivity contribution in [3.63, 3.8) is 0 Å². The third kappa shape index (κ3) is 11.0. The van der Waals surface area contributed by atoms with Crippen LogP contribution in [0.3, 0.4) is 0 Å². The van der Waals surface area contributed by atoms with Gasteiger partial charge in [-0.25, -0.2) is 0 Å². The van der Waals surface area contributed by atoms with Gasteiger partial charge in [-0.05, 0) is 6.42 Å². The second-order valence-corrected chi connectivity index (χ2v) is 5.08. The Kier molecular flexibility index (Phi) is 14.5. The van der Waals surface area contributed by atoms with E-state index in [1.807, 2.05) is 0 Å². The van der Waals surface area contributed by atoms with E-state index in [0.29, 0.717) is 72.5 Å². The molecule has 21 heavy (non-hydrogen) atoms. The lowest BCUT2D eigenvalue weighted by atomic mass is 9.92. The van der Waals surface area contributed by atoms with Crippen LogP contribution in [0.15, 0.2) is 0 Å². The summed E-state index contributed by atoms with van der Waals surface area (Å²) in [6.45, 7) is 7.68. The number of nitrogens with two attached hydrogens (primary N) is 3. The number of rotatable bonds is 16. The topological polar surface area (TPSA) is 115 Å². The molecule has 7 heteroatoms. The van der Waals surface area contributed by atoms with E-state index < -0.39 is 0 Å². The van der Waals surface area contributed by atoms with E-state index >= 15 is 0 Å². The number of ether oxygens (including phenoxy) is 4. The van der Waals surface area contributed by atoms with Gasteiger partial charge in [0.1, 0.15) is 0 Å². The van der Waals surface area contributed by atoms with E-state index in [4.69, 9.17) is 36.1 Å². The van der Waals surface area contributed by atoms with Crippen LogP contribution in [0.4, 0.5) is 0 Å². The number of hydrogen-bond acceptors (Lipinski definition) is 7. The molecule has 0 aliphatic heterocycles. The first-order valence-corrected chi connectivity index (χ1v) is 7.66. The van der Waals surface area contributed by atoms with Gasteiger partial charge < -0.3 is 36.1 Å². The highest BCUT2D eigenvalue weighted by Gasteiger charge is 2.32. The molecule has 0 unspecified atom stereocenters. The molecule has 0 amide bonds. The van der Waals surface area contributed by atoms with Crippen molar-refractivity contribution >= 4 is 0 Å². The van der Waals surface area contributed by atoms with Gasteiger partial charge in [0, 0.05) is 26.2 Å². The Morgan fingerprint density at radius 1 is 0.619 bits per heavy atom. The van der Waals surface area contributed by atoms with Gasteiger partial charge in [-0.3, -0.25) is 0 Å². The molecule has 0 saturated heterocycles. The molecule has 0 bridgehead atoms. The van der Waals surface area contributed by atoms with Crippen LogP contribution in [0.2, 0.25) is 0 Å². The van der Waals surface area contributed by atoms with Crippen molar-refractivity contribution in [2.45, 2.75) is 13.3 Å². The molecule has 0 aromatic heterocycles. The fourth-order valence-electron chi connectivity index (χ4n) is 1.80. The first kappa shape index (κ1) is 20.7. The van der Waals surface area contributed by atoms with Crippen molar-refractivity contribution in [2.24, 2.45) is 22.6 Å². The molecular formula is C14H33N3O4. The molecule has 6 N–H and O–H groups in total. The van der Waals surface area contributed by atoms with Gasteiger partial charge in [0.2, 0.25) is 0 Å². The van der Waals surface area contributed by atoms with Crippen LogP contribution >= 0.6 is 0 Å². The summed E-state index contributed by atoms with van der Waals surface area (Å²) < 4.78 is 22.5. The third-order valence-corrected chi connectivity index (χ3v) is 2.77. The van der Waals surface area contributed by atoms with Gasteiger partial charge in [0.05, 0.1) is 51.7 Å². The minimum atomic E-state index is -0.352. The van der Waals surface area contributed by atoms with Gasteiger partial charge in [-0.15, -0.1) is 0 Å². The molecule has 0 radical (unpaired) electrons. The Labute approximate surface area is 128 Å². The molecule has 0 fully saturated rings. The third-order valence-electron chi connectivity index (χ3n) is 2.77. The maximum Gasteiger partial charge on any atom is 0.0637 e. The van der Waals surface area contributed by atoms with Gasteiger partial charge in [0.25, 0.3) is 0 Å². The highest BCUT2D eigenvalue weighted by molar-refractivity contribution is 4.79. The van der Waals surface area contributed by atoms with E-state index in [2.05, 4.69) is 6.92 Å². The van der Waals surface area contributed by atoms with E-state index in [1.54, 1.807) is 0 Å². The van der Waals surface area contributed by atoms with Crippen LogP contribution in [-0.2, 0) is 18.9 Å². The SMILES string of the molecule is CCCOCC(COCCN)(COCCN)COCCN. The first-order valence-electron chi connectivity index (χ1n) is 7.66. The standard InChI is InChI=1S/C14H33N3O4/c1-2-6-18-10-14(11-19-7-3-15,12-20-8-4-16)13-21-9-5-17/h2-13,15-17H2,1H3. The molecule has 0 atom stereocenters. The predicted molar refractivity (Wildman–Crippen MR) is 83.2 cm³/mol. The maximum atomic E-state index is 5.71. The number of hydrogen-bond donors (Lipinski definition) is 3. The summed E-state index contributed by atoms with van der Waals surface area (Å²) in [5.41, 5.74) is 16.1. The molecule has 0 aliphatic carbocycles. The lowest BCUT2D eigenvalue weighted by Gasteiger charge is -2.33. The minimum absolute atomic E-state index is 0.352. The molecule has 0 saturated carbocycles. The molecule has 0 heterocycles. The fourth-order valence-corrected chi connectivity index (χ4v) is 1.80. The zero-order valence-corrected chi connectivity index (χ0v) is 13.4. The summed E-state index contributed by atoms with van der Waals surface area (Å²) in [6, 6.07) is 0. The minimum Gasteiger partial charge on any atom is -0.381 e. The first-order chi connectivity index (χ1) is 10.2. The van der Waals surface area contributed by atoms with Crippen LogP contribution < -0.4 is 17.2 Å². The largest absolute Gasteiger partial charge is 0.381 e. The maximum absolute atomic E-state index is 5.71. The van der Waals surface area contributed by atoms with Crippen molar-refractivity contribution in [1.29, 1.82) is 0 Å². The van der Waals surface area contributed by atoms with Crippen LogP contribution in [0.1, 0.15) is 13.3 Å². The van der Waals surface area contributed by atoms with Crippen molar-refractivity contribution in [3.05, 3.63) is 0 Å². The lowest BCUT2D eigenvalue weighted by Crippen LogP contribution is -2.43. The van der Waals surface area contributed by atoms with Crippen molar-refractivity contribution in [3.8, 4) is 0 Å². The Bertz CT molecular complexity index is 175. The molecule has 0 spiro atoms. The molecule has 0 aromatic carbocycles. The highest BCUT2D eigenvalue weighted by atomic mass is 16.5.